The van der Waals surface area contributed by atoms with Crippen LogP contribution < -0.4 is 11.1 Å². The number of nitrogens with one attached hydrogen (secondary N) is 1. The molecule has 0 radical (unpaired) electrons. The molecule has 4 heteroatoms. The van der Waals surface area contributed by atoms with Crippen LogP contribution in [0.3, 0.4) is 0 Å². The minimum Gasteiger partial charge on any atom is -0.384 e. The lowest BCUT2D eigenvalue weighted by molar-refractivity contribution is 0.504. The second-order valence-corrected chi connectivity index (χ2v) is 6.51. The highest BCUT2D eigenvalue weighted by atomic mass is 15.1. The molecule has 4 nitrogen and oxygen atoms in total. The molecule has 0 spiro atoms. The van der Waals surface area contributed by atoms with E-state index in [0.29, 0.717) is 5.82 Å². The smallest absolute Gasteiger partial charge is 0.138 e. The molecule has 0 unspecified atom stereocenters. The Hall–Kier alpha value is -1.32. The monoisotopic (exact) mass is 250 g/mol. The van der Waals surface area contributed by atoms with Crippen LogP contribution in [-0.4, -0.2) is 15.5 Å². The van der Waals surface area contributed by atoms with Crippen molar-refractivity contribution in [2.24, 2.45) is 0 Å². The van der Waals surface area contributed by atoms with E-state index < -0.39 is 0 Å². The molecular formula is C14H26N4. The molecule has 1 aromatic rings. The highest BCUT2D eigenvalue weighted by molar-refractivity contribution is 5.46. The van der Waals surface area contributed by atoms with E-state index in [-0.39, 0.29) is 11.0 Å². The van der Waals surface area contributed by atoms with Crippen molar-refractivity contribution in [2.45, 2.75) is 65.3 Å². The van der Waals surface area contributed by atoms with Crippen LogP contribution in [0.25, 0.3) is 0 Å². The Bertz CT molecular complexity index is 405. The Morgan fingerprint density at radius 1 is 1.17 bits per heavy atom. The van der Waals surface area contributed by atoms with E-state index in [4.69, 9.17) is 5.73 Å². The lowest BCUT2D eigenvalue weighted by Gasteiger charge is -2.27. The summed E-state index contributed by atoms with van der Waals surface area (Å²) >= 11 is 0. The number of hydrogen-bond acceptors (Lipinski definition) is 4. The van der Waals surface area contributed by atoms with Crippen LogP contribution in [0.4, 0.5) is 11.6 Å². The lowest BCUT2D eigenvalue weighted by Crippen LogP contribution is -2.31. The van der Waals surface area contributed by atoms with Crippen molar-refractivity contribution in [3.8, 4) is 0 Å². The Labute approximate surface area is 110 Å². The standard InChI is InChI=1S/C14H26N4/c1-7-8-14(5,6)18-11-9-10(15)16-12(17-11)13(2,3)4/h9H,7-8H2,1-6H3,(H3,15,16,17,18). The van der Waals surface area contributed by atoms with Crippen molar-refractivity contribution in [2.75, 3.05) is 11.1 Å². The van der Waals surface area contributed by atoms with Gasteiger partial charge in [-0.15, -0.1) is 0 Å². The fraction of sp³-hybridized carbons (Fsp3) is 0.714. The van der Waals surface area contributed by atoms with E-state index >= 15 is 0 Å². The highest BCUT2D eigenvalue weighted by Crippen LogP contribution is 2.24. The average Bonchev–Trinajstić information content (AvgIpc) is 2.13. The molecule has 1 heterocycles. The zero-order valence-corrected chi connectivity index (χ0v) is 12.5. The summed E-state index contributed by atoms with van der Waals surface area (Å²) in [5, 5.41) is 3.44. The van der Waals surface area contributed by atoms with Crippen LogP contribution in [-0.2, 0) is 5.41 Å². The van der Waals surface area contributed by atoms with Gasteiger partial charge in [-0.1, -0.05) is 34.1 Å². The Morgan fingerprint density at radius 2 is 1.78 bits per heavy atom. The quantitative estimate of drug-likeness (QED) is 0.860. The van der Waals surface area contributed by atoms with Gasteiger partial charge in [0.15, 0.2) is 0 Å². The van der Waals surface area contributed by atoms with Crippen LogP contribution in [0.1, 0.15) is 60.2 Å². The second-order valence-electron chi connectivity index (χ2n) is 6.51. The van der Waals surface area contributed by atoms with Gasteiger partial charge in [-0.3, -0.25) is 0 Å². The molecule has 0 amide bonds. The third kappa shape index (κ3) is 4.17. The highest BCUT2D eigenvalue weighted by Gasteiger charge is 2.21. The number of anilines is 2. The maximum Gasteiger partial charge on any atom is 0.138 e. The summed E-state index contributed by atoms with van der Waals surface area (Å²) in [5.41, 5.74) is 5.78. The maximum atomic E-state index is 5.86. The zero-order chi connectivity index (χ0) is 14.0. The predicted molar refractivity (Wildman–Crippen MR) is 77.8 cm³/mol. The molecule has 0 bridgehead atoms. The molecule has 18 heavy (non-hydrogen) atoms. The van der Waals surface area contributed by atoms with Gasteiger partial charge >= 0.3 is 0 Å². The fourth-order valence-electron chi connectivity index (χ4n) is 1.90. The second kappa shape index (κ2) is 5.12. The minimum absolute atomic E-state index is 0.0185. The number of nitrogen functional groups attached to an aromatic ring is 1. The Kier molecular flexibility index (Phi) is 4.20. The zero-order valence-electron chi connectivity index (χ0n) is 12.5. The molecule has 0 aliphatic carbocycles. The molecular weight excluding hydrogens is 224 g/mol. The van der Waals surface area contributed by atoms with Gasteiger partial charge in [-0.25, -0.2) is 9.97 Å². The molecule has 0 atom stereocenters. The Morgan fingerprint density at radius 3 is 2.28 bits per heavy atom. The van der Waals surface area contributed by atoms with E-state index in [1.54, 1.807) is 6.07 Å². The lowest BCUT2D eigenvalue weighted by atomic mass is 9.95. The number of nitrogens with zero attached hydrogens (tertiary/aromatic N) is 2. The topological polar surface area (TPSA) is 63.8 Å². The molecule has 102 valence electrons. The van der Waals surface area contributed by atoms with Crippen molar-refractivity contribution in [1.82, 2.24) is 9.97 Å². The molecule has 1 rings (SSSR count). The van der Waals surface area contributed by atoms with Gasteiger partial charge < -0.3 is 11.1 Å². The van der Waals surface area contributed by atoms with Gasteiger partial charge in [0.1, 0.15) is 17.5 Å². The van der Waals surface area contributed by atoms with Crippen molar-refractivity contribution in [1.29, 1.82) is 0 Å². The van der Waals surface area contributed by atoms with Gasteiger partial charge in [-0.05, 0) is 20.3 Å². The largest absolute Gasteiger partial charge is 0.384 e. The first-order valence-corrected chi connectivity index (χ1v) is 6.57. The van der Waals surface area contributed by atoms with Crippen molar-refractivity contribution in [3.63, 3.8) is 0 Å². The summed E-state index contributed by atoms with van der Waals surface area (Å²) in [4.78, 5) is 8.88. The molecule has 0 aromatic carbocycles. The van der Waals surface area contributed by atoms with E-state index in [9.17, 15) is 0 Å². The molecule has 1 aromatic heterocycles. The van der Waals surface area contributed by atoms with E-state index in [1.165, 1.54) is 0 Å². The molecule has 0 aliphatic rings. The van der Waals surface area contributed by atoms with Gasteiger partial charge in [0, 0.05) is 17.0 Å². The number of hydrogen-bond donors (Lipinski definition) is 2. The maximum absolute atomic E-state index is 5.86. The first-order valence-electron chi connectivity index (χ1n) is 6.57. The first-order chi connectivity index (χ1) is 8.14. The summed E-state index contributed by atoms with van der Waals surface area (Å²) in [6, 6.07) is 1.80. The summed E-state index contributed by atoms with van der Waals surface area (Å²) < 4.78 is 0. The van der Waals surface area contributed by atoms with Crippen molar-refractivity contribution >= 4 is 11.6 Å². The predicted octanol–water partition coefficient (Wildman–Crippen LogP) is 3.35. The third-order valence-corrected chi connectivity index (χ3v) is 2.76. The SMILES string of the molecule is CCCC(C)(C)Nc1cc(N)nc(C(C)(C)C)n1. The first kappa shape index (κ1) is 14.7. The van der Waals surface area contributed by atoms with E-state index in [0.717, 1.165) is 24.5 Å². The fourth-order valence-corrected chi connectivity index (χ4v) is 1.90. The van der Waals surface area contributed by atoms with E-state index in [2.05, 4.69) is 56.8 Å². The summed E-state index contributed by atoms with van der Waals surface area (Å²) in [7, 11) is 0. The normalized spacial score (nSPS) is 12.6. The van der Waals surface area contributed by atoms with Crippen LogP contribution in [0.5, 0.6) is 0 Å². The van der Waals surface area contributed by atoms with Crippen LogP contribution >= 0.6 is 0 Å². The van der Waals surface area contributed by atoms with Gasteiger partial charge in [0.25, 0.3) is 0 Å². The number of nitrogens with two attached hydrogens (primary N) is 1. The summed E-state index contributed by atoms with van der Waals surface area (Å²) in [6.07, 6.45) is 2.22. The van der Waals surface area contributed by atoms with Gasteiger partial charge in [-0.2, -0.15) is 0 Å². The van der Waals surface area contributed by atoms with Crippen LogP contribution in [0.2, 0.25) is 0 Å². The van der Waals surface area contributed by atoms with Gasteiger partial charge in [0.2, 0.25) is 0 Å². The minimum atomic E-state index is -0.0965. The molecule has 0 aliphatic heterocycles. The molecule has 0 saturated heterocycles. The number of rotatable bonds is 4. The molecule has 0 fully saturated rings. The third-order valence-electron chi connectivity index (χ3n) is 2.76. The molecule has 0 saturated carbocycles. The Balaban J connectivity index is 3.00. The number of aromatic nitrogens is 2. The summed E-state index contributed by atoms with van der Waals surface area (Å²) in [6.45, 7) is 12.8. The summed E-state index contributed by atoms with van der Waals surface area (Å²) in [5.74, 6) is 2.10. The average molecular weight is 250 g/mol. The van der Waals surface area contributed by atoms with Crippen molar-refractivity contribution in [3.05, 3.63) is 11.9 Å². The van der Waals surface area contributed by atoms with Crippen LogP contribution in [0, 0.1) is 0 Å². The van der Waals surface area contributed by atoms with Crippen LogP contribution in [0.15, 0.2) is 6.07 Å². The van der Waals surface area contributed by atoms with Gasteiger partial charge in [0.05, 0.1) is 0 Å². The molecule has 3 N–H and O–H groups in total. The van der Waals surface area contributed by atoms with Crippen molar-refractivity contribution < 1.29 is 0 Å². The van der Waals surface area contributed by atoms with E-state index in [1.807, 2.05) is 0 Å².